The number of rotatable bonds is 3. The molecule has 6 heteroatoms. The average Bonchev–Trinajstić information content (AvgIpc) is 2.98. The molecule has 23 heavy (non-hydrogen) atoms. The normalized spacial score (nSPS) is 10.7. The van der Waals surface area contributed by atoms with Crippen LogP contribution >= 0.6 is 11.8 Å². The Morgan fingerprint density at radius 2 is 1.96 bits per heavy atom. The lowest BCUT2D eigenvalue weighted by Crippen LogP contribution is -2.18. The molecule has 0 atom stereocenters. The largest absolute Gasteiger partial charge is 0.355 e. The maximum absolute atomic E-state index is 12.0. The van der Waals surface area contributed by atoms with Crippen LogP contribution < -0.4 is 5.32 Å². The molecule has 0 fully saturated rings. The number of hydrogen-bond acceptors (Lipinski definition) is 4. The highest BCUT2D eigenvalue weighted by Crippen LogP contribution is 2.32. The van der Waals surface area contributed by atoms with Crippen molar-refractivity contribution >= 4 is 34.5 Å². The van der Waals surface area contributed by atoms with Crippen molar-refractivity contribution in [1.29, 1.82) is 0 Å². The topological polar surface area (TPSA) is 64.0 Å². The van der Waals surface area contributed by atoms with Crippen molar-refractivity contribution in [3.8, 4) is 0 Å². The number of nitrogens with zero attached hydrogens (tertiary/aromatic N) is 2. The van der Waals surface area contributed by atoms with Crippen molar-refractivity contribution in [2.45, 2.75) is 16.7 Å². The molecule has 2 aromatic carbocycles. The number of amides is 1. The zero-order valence-electron chi connectivity index (χ0n) is 12.7. The van der Waals surface area contributed by atoms with E-state index in [1.807, 2.05) is 36.4 Å². The summed E-state index contributed by atoms with van der Waals surface area (Å²) in [4.78, 5) is 25.4. The first-order valence-electron chi connectivity index (χ1n) is 7.08. The fourth-order valence-corrected chi connectivity index (χ4v) is 3.30. The second-order valence-corrected chi connectivity index (χ2v) is 6.09. The molecule has 0 bridgehead atoms. The molecule has 3 aromatic rings. The van der Waals surface area contributed by atoms with Gasteiger partial charge in [0.15, 0.2) is 0 Å². The molecule has 0 spiro atoms. The number of benzene rings is 2. The molecule has 3 rings (SSSR count). The molecule has 0 unspecified atom stereocenters. The highest BCUT2D eigenvalue weighted by atomic mass is 32.2. The number of aromatic nitrogens is 2. The van der Waals surface area contributed by atoms with E-state index in [-0.39, 0.29) is 11.8 Å². The van der Waals surface area contributed by atoms with Crippen LogP contribution in [-0.4, -0.2) is 28.6 Å². The average molecular weight is 325 g/mol. The van der Waals surface area contributed by atoms with Crippen LogP contribution in [0.3, 0.4) is 0 Å². The van der Waals surface area contributed by atoms with Gasteiger partial charge < -0.3 is 5.32 Å². The van der Waals surface area contributed by atoms with Crippen LogP contribution in [0, 0.1) is 0 Å². The third-order valence-corrected chi connectivity index (χ3v) is 4.49. The van der Waals surface area contributed by atoms with E-state index >= 15 is 0 Å². The van der Waals surface area contributed by atoms with Crippen molar-refractivity contribution in [1.82, 2.24) is 15.1 Å². The number of hydrogen-bond donors (Lipinski definition) is 1. The van der Waals surface area contributed by atoms with Gasteiger partial charge in [0.2, 0.25) is 5.91 Å². The maximum Gasteiger partial charge on any atom is 0.252 e. The number of carbonyl (C=O) groups excluding carboxylic acids is 2. The molecule has 1 aromatic heterocycles. The second kappa shape index (κ2) is 6.26. The highest BCUT2D eigenvalue weighted by Gasteiger charge is 2.12. The lowest BCUT2D eigenvalue weighted by atomic mass is 10.2. The minimum absolute atomic E-state index is 0.122. The first-order valence-corrected chi connectivity index (χ1v) is 7.89. The van der Waals surface area contributed by atoms with Gasteiger partial charge in [-0.3, -0.25) is 9.59 Å². The number of fused-ring (bicyclic) bond motifs is 1. The van der Waals surface area contributed by atoms with E-state index in [4.69, 9.17) is 0 Å². The summed E-state index contributed by atoms with van der Waals surface area (Å²) in [6, 6.07) is 13.2. The molecule has 0 aliphatic rings. The molecule has 0 radical (unpaired) electrons. The Bertz CT molecular complexity index is 902. The Kier molecular flexibility index (Phi) is 4.16. The lowest BCUT2D eigenvalue weighted by Gasteiger charge is -2.08. The van der Waals surface area contributed by atoms with E-state index in [2.05, 4.69) is 10.4 Å². The summed E-state index contributed by atoms with van der Waals surface area (Å²) >= 11 is 1.48. The smallest absolute Gasteiger partial charge is 0.252 e. The Morgan fingerprint density at radius 3 is 2.70 bits per heavy atom. The van der Waals surface area contributed by atoms with Crippen molar-refractivity contribution in [2.75, 3.05) is 7.05 Å². The van der Waals surface area contributed by atoms with Crippen LogP contribution in [-0.2, 0) is 0 Å². The minimum Gasteiger partial charge on any atom is -0.355 e. The van der Waals surface area contributed by atoms with Gasteiger partial charge in [-0.05, 0) is 24.3 Å². The van der Waals surface area contributed by atoms with Crippen LogP contribution in [0.25, 0.3) is 10.9 Å². The summed E-state index contributed by atoms with van der Waals surface area (Å²) in [7, 11) is 1.61. The van der Waals surface area contributed by atoms with E-state index in [1.165, 1.54) is 23.4 Å². The molecular formula is C17H15N3O2S. The van der Waals surface area contributed by atoms with Crippen LogP contribution in [0.5, 0.6) is 0 Å². The zero-order valence-corrected chi connectivity index (χ0v) is 13.6. The van der Waals surface area contributed by atoms with Gasteiger partial charge in [0.25, 0.3) is 5.91 Å². The summed E-state index contributed by atoms with van der Waals surface area (Å²) in [5, 5.41) is 7.65. The molecular weight excluding hydrogens is 310 g/mol. The summed E-state index contributed by atoms with van der Waals surface area (Å²) < 4.78 is 1.38. The van der Waals surface area contributed by atoms with Gasteiger partial charge >= 0.3 is 0 Å². The number of nitrogens with one attached hydrogen (secondary N) is 1. The Morgan fingerprint density at radius 1 is 1.17 bits per heavy atom. The van der Waals surface area contributed by atoms with Gasteiger partial charge in [-0.1, -0.05) is 30.0 Å². The van der Waals surface area contributed by atoms with Crippen molar-refractivity contribution in [3.63, 3.8) is 0 Å². The SMILES string of the molecule is CNC(=O)c1ccccc1Sc1ccc2cnn(C(C)=O)c2c1. The van der Waals surface area contributed by atoms with E-state index in [0.717, 1.165) is 20.7 Å². The van der Waals surface area contributed by atoms with Crippen molar-refractivity contribution < 1.29 is 9.59 Å². The lowest BCUT2D eigenvalue weighted by molar-refractivity contribution is 0.0925. The third kappa shape index (κ3) is 2.98. The van der Waals surface area contributed by atoms with E-state index in [0.29, 0.717) is 5.56 Å². The molecule has 1 amide bonds. The fourth-order valence-electron chi connectivity index (χ4n) is 2.32. The van der Waals surface area contributed by atoms with Crippen molar-refractivity contribution in [3.05, 3.63) is 54.2 Å². The molecule has 5 nitrogen and oxygen atoms in total. The predicted molar refractivity (Wildman–Crippen MR) is 90.0 cm³/mol. The predicted octanol–water partition coefficient (Wildman–Crippen LogP) is 3.21. The van der Waals surface area contributed by atoms with E-state index in [9.17, 15) is 9.59 Å². The molecule has 1 heterocycles. The van der Waals surface area contributed by atoms with Crippen LogP contribution in [0.1, 0.15) is 22.1 Å². The molecule has 0 saturated heterocycles. The van der Waals surface area contributed by atoms with Crippen LogP contribution in [0.2, 0.25) is 0 Å². The summed E-state index contributed by atoms with van der Waals surface area (Å²) in [6.07, 6.45) is 1.67. The Labute approximate surface area is 137 Å². The summed E-state index contributed by atoms with van der Waals surface area (Å²) in [6.45, 7) is 1.48. The quantitative estimate of drug-likeness (QED) is 0.803. The summed E-state index contributed by atoms with van der Waals surface area (Å²) in [5.41, 5.74) is 1.39. The van der Waals surface area contributed by atoms with Gasteiger partial charge in [-0.25, -0.2) is 4.68 Å². The van der Waals surface area contributed by atoms with Gasteiger partial charge in [-0.15, -0.1) is 0 Å². The monoisotopic (exact) mass is 325 g/mol. The summed E-state index contributed by atoms with van der Waals surface area (Å²) in [5.74, 6) is -0.254. The van der Waals surface area contributed by atoms with Gasteiger partial charge in [-0.2, -0.15) is 5.10 Å². The van der Waals surface area contributed by atoms with Crippen LogP contribution in [0.4, 0.5) is 0 Å². The Balaban J connectivity index is 2.01. The maximum atomic E-state index is 12.0. The van der Waals surface area contributed by atoms with Gasteiger partial charge in [0.05, 0.1) is 17.3 Å². The van der Waals surface area contributed by atoms with E-state index < -0.39 is 0 Å². The molecule has 1 N–H and O–H groups in total. The molecule has 0 aliphatic carbocycles. The first kappa shape index (κ1) is 15.3. The molecule has 116 valence electrons. The zero-order chi connectivity index (χ0) is 16.4. The first-order chi connectivity index (χ1) is 11.1. The fraction of sp³-hybridized carbons (Fsp3) is 0.118. The third-order valence-electron chi connectivity index (χ3n) is 3.43. The highest BCUT2D eigenvalue weighted by molar-refractivity contribution is 7.99. The van der Waals surface area contributed by atoms with Gasteiger partial charge in [0.1, 0.15) is 0 Å². The van der Waals surface area contributed by atoms with Crippen LogP contribution in [0.15, 0.2) is 58.5 Å². The number of carbonyl (C=O) groups is 2. The molecule has 0 saturated carbocycles. The Hall–Kier alpha value is -2.60. The van der Waals surface area contributed by atoms with Gasteiger partial charge in [0, 0.05) is 29.1 Å². The van der Waals surface area contributed by atoms with E-state index in [1.54, 1.807) is 19.3 Å². The molecule has 0 aliphatic heterocycles. The van der Waals surface area contributed by atoms with Crippen molar-refractivity contribution in [2.24, 2.45) is 0 Å². The standard InChI is InChI=1S/C17H15N3O2S/c1-11(21)20-15-9-13(8-7-12(15)10-19-20)23-16-6-4-3-5-14(16)17(22)18-2/h3-10H,1-2H3,(H,18,22). The second-order valence-electron chi connectivity index (χ2n) is 4.97. The minimum atomic E-state index is -0.132.